The summed E-state index contributed by atoms with van der Waals surface area (Å²) >= 11 is 1.05. The van der Waals surface area contributed by atoms with E-state index in [1.807, 2.05) is 0 Å². The van der Waals surface area contributed by atoms with Crippen LogP contribution in [0.3, 0.4) is 0 Å². The lowest BCUT2D eigenvalue weighted by Crippen LogP contribution is -2.48. The number of thiophene rings is 1. The van der Waals surface area contributed by atoms with Crippen LogP contribution in [-0.4, -0.2) is 51.6 Å². The van der Waals surface area contributed by atoms with Gasteiger partial charge in [0.05, 0.1) is 20.3 Å². The smallest absolute Gasteiger partial charge is 0.336 e. The van der Waals surface area contributed by atoms with Gasteiger partial charge in [-0.25, -0.2) is 13.2 Å². The summed E-state index contributed by atoms with van der Waals surface area (Å²) in [7, 11) is -2.40. The van der Waals surface area contributed by atoms with Crippen LogP contribution < -0.4 is 5.73 Å². The molecule has 7 nitrogen and oxygen atoms in total. The molecule has 1 atom stereocenters. The number of esters is 1. The van der Waals surface area contributed by atoms with E-state index >= 15 is 0 Å². The minimum atomic E-state index is -3.63. The van der Waals surface area contributed by atoms with Gasteiger partial charge < -0.3 is 15.2 Å². The van der Waals surface area contributed by atoms with Gasteiger partial charge in [0.2, 0.25) is 0 Å². The molecule has 0 radical (unpaired) electrons. The zero-order chi connectivity index (χ0) is 14.0. The molecule has 9 heteroatoms. The molecule has 106 valence electrons. The average Bonchev–Trinajstić information content (AvgIpc) is 2.85. The molecule has 0 aliphatic carbocycles. The molecule has 1 aromatic heterocycles. The Bertz CT molecular complexity index is 568. The lowest BCUT2D eigenvalue weighted by atomic mass is 10.3. The van der Waals surface area contributed by atoms with Crippen molar-refractivity contribution in [2.75, 3.05) is 32.5 Å². The number of ether oxygens (including phenoxy) is 2. The number of sulfonamides is 1. The van der Waals surface area contributed by atoms with E-state index in [1.54, 1.807) is 5.38 Å². The maximum absolute atomic E-state index is 12.3. The zero-order valence-corrected chi connectivity index (χ0v) is 11.9. The topological polar surface area (TPSA) is 98.9 Å². The van der Waals surface area contributed by atoms with Crippen molar-refractivity contribution in [3.05, 3.63) is 11.4 Å². The fraction of sp³-hybridized carbons (Fsp3) is 0.500. The van der Waals surface area contributed by atoms with Crippen molar-refractivity contribution >= 4 is 33.0 Å². The average molecular weight is 306 g/mol. The van der Waals surface area contributed by atoms with Gasteiger partial charge in [0.15, 0.2) is 6.10 Å². The first-order valence-corrected chi connectivity index (χ1v) is 7.80. The summed E-state index contributed by atoms with van der Waals surface area (Å²) in [5.41, 5.74) is 5.93. The standard InChI is InChI=1S/C10H14N2O5S2/c1-16-10(13)8-5-12(2-3-17-8)19(14,15)9-4-7(11)6-18-9/h4,6,8H,2-3,5,11H2,1H3. The van der Waals surface area contributed by atoms with Crippen LogP contribution >= 0.6 is 11.3 Å². The second kappa shape index (κ2) is 5.45. The van der Waals surface area contributed by atoms with Crippen LogP contribution in [0.4, 0.5) is 5.69 Å². The van der Waals surface area contributed by atoms with Gasteiger partial charge in [0.25, 0.3) is 10.0 Å². The van der Waals surface area contributed by atoms with Gasteiger partial charge in [0, 0.05) is 17.6 Å². The van der Waals surface area contributed by atoms with Crippen LogP contribution in [0.5, 0.6) is 0 Å². The van der Waals surface area contributed by atoms with Gasteiger partial charge >= 0.3 is 5.97 Å². The van der Waals surface area contributed by atoms with Crippen molar-refractivity contribution in [1.29, 1.82) is 0 Å². The highest BCUT2D eigenvalue weighted by atomic mass is 32.2. The summed E-state index contributed by atoms with van der Waals surface area (Å²) in [5, 5.41) is 1.56. The number of carbonyl (C=O) groups excluding carboxylic acids is 1. The third kappa shape index (κ3) is 2.89. The summed E-state index contributed by atoms with van der Waals surface area (Å²) < 4.78 is 35.8. The molecule has 1 aliphatic rings. The van der Waals surface area contributed by atoms with Crippen molar-refractivity contribution in [3.63, 3.8) is 0 Å². The second-order valence-electron chi connectivity index (χ2n) is 3.94. The lowest BCUT2D eigenvalue weighted by molar-refractivity contribution is -0.157. The highest BCUT2D eigenvalue weighted by Crippen LogP contribution is 2.26. The zero-order valence-electron chi connectivity index (χ0n) is 10.2. The van der Waals surface area contributed by atoms with Crippen molar-refractivity contribution in [3.8, 4) is 0 Å². The van der Waals surface area contributed by atoms with Gasteiger partial charge in [-0.05, 0) is 6.07 Å². The predicted molar refractivity (Wildman–Crippen MR) is 69.2 cm³/mol. The first kappa shape index (κ1) is 14.3. The van der Waals surface area contributed by atoms with Gasteiger partial charge in [-0.2, -0.15) is 4.31 Å². The Morgan fingerprint density at radius 1 is 1.63 bits per heavy atom. The molecule has 0 amide bonds. The number of nitrogens with two attached hydrogens (primary N) is 1. The molecule has 1 aromatic rings. The van der Waals surface area contributed by atoms with Crippen molar-refractivity contribution < 1.29 is 22.7 Å². The van der Waals surface area contributed by atoms with E-state index in [2.05, 4.69) is 4.74 Å². The molecular formula is C10H14N2O5S2. The first-order chi connectivity index (χ1) is 8.95. The Kier molecular flexibility index (Phi) is 4.09. The van der Waals surface area contributed by atoms with Crippen molar-refractivity contribution in [1.82, 2.24) is 4.31 Å². The number of nitrogens with zero attached hydrogens (tertiary/aromatic N) is 1. The lowest BCUT2D eigenvalue weighted by Gasteiger charge is -2.30. The SMILES string of the molecule is COC(=O)C1CN(S(=O)(=O)c2cc(N)cs2)CCO1. The van der Waals surface area contributed by atoms with E-state index < -0.39 is 22.1 Å². The van der Waals surface area contributed by atoms with E-state index in [1.165, 1.54) is 17.5 Å². The van der Waals surface area contributed by atoms with Gasteiger partial charge in [-0.1, -0.05) is 0 Å². The molecule has 2 heterocycles. The Morgan fingerprint density at radius 3 is 2.95 bits per heavy atom. The fourth-order valence-electron chi connectivity index (χ4n) is 1.71. The number of carbonyl (C=O) groups is 1. The molecule has 0 bridgehead atoms. The van der Waals surface area contributed by atoms with Gasteiger partial charge in [-0.3, -0.25) is 0 Å². The van der Waals surface area contributed by atoms with Crippen molar-refractivity contribution in [2.24, 2.45) is 0 Å². The van der Waals surface area contributed by atoms with Crippen LogP contribution in [0.25, 0.3) is 0 Å². The van der Waals surface area contributed by atoms with E-state index in [0.29, 0.717) is 5.69 Å². The third-order valence-electron chi connectivity index (χ3n) is 2.68. The number of rotatable bonds is 3. The van der Waals surface area contributed by atoms with E-state index in [4.69, 9.17) is 10.5 Å². The quantitative estimate of drug-likeness (QED) is 0.783. The van der Waals surface area contributed by atoms with Crippen LogP contribution in [0, 0.1) is 0 Å². The third-order valence-corrected chi connectivity index (χ3v) is 5.98. The maximum Gasteiger partial charge on any atom is 0.336 e. The van der Waals surface area contributed by atoms with Crippen LogP contribution in [0.15, 0.2) is 15.7 Å². The number of morpholine rings is 1. The highest BCUT2D eigenvalue weighted by Gasteiger charge is 2.35. The first-order valence-electron chi connectivity index (χ1n) is 5.48. The normalized spacial score (nSPS) is 21.2. The number of anilines is 1. The molecule has 2 rings (SSSR count). The van der Waals surface area contributed by atoms with Crippen molar-refractivity contribution in [2.45, 2.75) is 10.3 Å². The molecule has 0 aromatic carbocycles. The molecule has 1 saturated heterocycles. The maximum atomic E-state index is 12.3. The molecule has 1 fully saturated rings. The summed E-state index contributed by atoms with van der Waals surface area (Å²) in [6.07, 6.45) is -0.883. The summed E-state index contributed by atoms with van der Waals surface area (Å²) in [5.74, 6) is -0.578. The minimum Gasteiger partial charge on any atom is -0.467 e. The second-order valence-corrected chi connectivity index (χ2v) is 7.02. The van der Waals surface area contributed by atoms with Gasteiger partial charge in [0.1, 0.15) is 4.21 Å². The van der Waals surface area contributed by atoms with Crippen LogP contribution in [0.1, 0.15) is 0 Å². The molecule has 0 saturated carbocycles. The molecule has 1 aliphatic heterocycles. The molecule has 1 unspecified atom stereocenters. The van der Waals surface area contributed by atoms with Crippen LogP contribution in [-0.2, 0) is 24.3 Å². The van der Waals surface area contributed by atoms with E-state index in [-0.39, 0.29) is 23.9 Å². The number of hydrogen-bond acceptors (Lipinski definition) is 7. The van der Waals surface area contributed by atoms with E-state index in [9.17, 15) is 13.2 Å². The molecular weight excluding hydrogens is 292 g/mol. The highest BCUT2D eigenvalue weighted by molar-refractivity contribution is 7.91. The largest absolute Gasteiger partial charge is 0.467 e. The monoisotopic (exact) mass is 306 g/mol. The minimum absolute atomic E-state index is 0.0488. The predicted octanol–water partition coefficient (Wildman–Crippen LogP) is -0.107. The molecule has 2 N–H and O–H groups in total. The summed E-state index contributed by atoms with van der Waals surface area (Å²) in [6.45, 7) is 0.306. The van der Waals surface area contributed by atoms with Crippen LogP contribution in [0.2, 0.25) is 0 Å². The Morgan fingerprint density at radius 2 is 2.37 bits per heavy atom. The Hall–Kier alpha value is -1.16. The Labute approximate surface area is 115 Å². The van der Waals surface area contributed by atoms with E-state index in [0.717, 1.165) is 11.3 Å². The Balaban J connectivity index is 2.19. The van der Waals surface area contributed by atoms with Gasteiger partial charge in [-0.15, -0.1) is 11.3 Å². The summed E-state index contributed by atoms with van der Waals surface area (Å²) in [4.78, 5) is 11.4. The summed E-state index contributed by atoms with van der Waals surface area (Å²) in [6, 6.07) is 1.41. The molecule has 0 spiro atoms. The number of hydrogen-bond donors (Lipinski definition) is 1. The molecule has 19 heavy (non-hydrogen) atoms. The fourth-order valence-corrected chi connectivity index (χ4v) is 4.37. The number of methoxy groups -OCH3 is 1. The number of nitrogen functional groups attached to an aromatic ring is 1.